The minimum absolute atomic E-state index is 0.0996. The highest BCUT2D eigenvalue weighted by Gasteiger charge is 2.55. The smallest absolute Gasteiger partial charge is 0.285 e. The minimum atomic E-state index is -0.932. The van der Waals surface area contributed by atoms with Crippen LogP contribution < -0.4 is 5.73 Å². The molecule has 0 saturated heterocycles. The van der Waals surface area contributed by atoms with E-state index >= 15 is 0 Å². The molecule has 4 fully saturated rings. The zero-order valence-electron chi connectivity index (χ0n) is 16.2. The second kappa shape index (κ2) is 5.75. The maximum absolute atomic E-state index is 12.1. The van der Waals surface area contributed by atoms with Crippen LogP contribution in [0.5, 0.6) is 0 Å². The summed E-state index contributed by atoms with van der Waals surface area (Å²) in [5, 5.41) is 16.7. The van der Waals surface area contributed by atoms with Crippen molar-refractivity contribution in [2.24, 2.45) is 23.5 Å². The van der Waals surface area contributed by atoms with E-state index in [9.17, 15) is 14.7 Å². The number of hydrogen-bond donors (Lipinski definition) is 2. The Labute approximate surface area is 168 Å². The number of nitrogens with zero attached hydrogens (tertiary/aromatic N) is 3. The summed E-state index contributed by atoms with van der Waals surface area (Å²) >= 11 is 0. The molecule has 5 aliphatic rings. The summed E-state index contributed by atoms with van der Waals surface area (Å²) in [6.45, 7) is 0. The summed E-state index contributed by atoms with van der Waals surface area (Å²) in [6.07, 6.45) is 11.5. The van der Waals surface area contributed by atoms with Crippen LogP contribution >= 0.6 is 0 Å². The fraction of sp³-hybridized carbons (Fsp3) is 0.545. The number of fused-ring (bicyclic) bond motifs is 3. The highest BCUT2D eigenvalue weighted by molar-refractivity contribution is 6.36. The summed E-state index contributed by atoms with van der Waals surface area (Å²) in [7, 11) is 0. The molecule has 4 saturated carbocycles. The lowest BCUT2D eigenvalue weighted by molar-refractivity contribution is -0.148. The molecule has 0 spiro atoms. The highest BCUT2D eigenvalue weighted by Crippen LogP contribution is 2.60. The Bertz CT molecular complexity index is 1090. The van der Waals surface area contributed by atoms with Crippen LogP contribution in [-0.2, 0) is 22.4 Å². The third-order valence-corrected chi connectivity index (χ3v) is 7.61. The van der Waals surface area contributed by atoms with Crippen LogP contribution in [0.15, 0.2) is 12.3 Å². The normalized spacial score (nSPS) is 34.1. The molecule has 5 atom stereocenters. The standard InChI is InChI=1S/C22H24N4O3/c23-21(28)18(27)6-17-15-10-24-16-3-1-2-14(16)20(15)26(25-17)19-12-4-11-5-13(19)9-22(29,7-11)8-12/h1-2,10-13,19,29H,3-9H2,(H2,23,28)/t11?,12-,13+,19?,22?. The van der Waals surface area contributed by atoms with Crippen molar-refractivity contribution in [3.05, 3.63) is 29.2 Å². The molecule has 0 aliphatic heterocycles. The topological polar surface area (TPSA) is 111 Å². The lowest BCUT2D eigenvalue weighted by Gasteiger charge is -2.58. The maximum atomic E-state index is 12.1. The largest absolute Gasteiger partial charge is 0.390 e. The quantitative estimate of drug-likeness (QED) is 0.770. The molecular weight excluding hydrogens is 368 g/mol. The molecule has 7 nitrogen and oxygen atoms in total. The van der Waals surface area contributed by atoms with E-state index in [1.807, 2.05) is 0 Å². The van der Waals surface area contributed by atoms with E-state index in [0.717, 1.165) is 60.7 Å². The SMILES string of the molecule is NC(=O)C(=O)Cc1nn(C2[C@@H]3CC4C[C@H]2CC(O)(C4)C3)c2c3c(ncc12)CC=C3. The zero-order chi connectivity index (χ0) is 19.9. The first-order chi connectivity index (χ1) is 13.9. The van der Waals surface area contributed by atoms with Crippen LogP contribution in [0.25, 0.3) is 17.0 Å². The number of pyridine rings is 1. The van der Waals surface area contributed by atoms with Crippen molar-refractivity contribution in [1.29, 1.82) is 0 Å². The number of carbonyl (C=O) groups is 2. The number of Topliss-reactive ketones (excluding diaryl/α,β-unsaturated/α-hetero) is 1. The molecule has 2 aromatic heterocycles. The van der Waals surface area contributed by atoms with Gasteiger partial charge in [0.2, 0.25) is 5.78 Å². The van der Waals surface area contributed by atoms with Gasteiger partial charge in [0, 0.05) is 23.6 Å². The van der Waals surface area contributed by atoms with Gasteiger partial charge in [-0.3, -0.25) is 19.3 Å². The number of aliphatic hydroxyl groups is 1. The molecular formula is C22H24N4O3. The molecule has 3 N–H and O–H groups in total. The summed E-state index contributed by atoms with van der Waals surface area (Å²) in [5.41, 5.74) is 8.37. The number of hydrogen-bond acceptors (Lipinski definition) is 5. The predicted octanol–water partition coefficient (Wildman–Crippen LogP) is 1.71. The number of rotatable bonds is 4. The van der Waals surface area contributed by atoms with Crippen LogP contribution in [0.3, 0.4) is 0 Å². The summed E-state index contributed by atoms with van der Waals surface area (Å²) in [5.74, 6) is -0.171. The number of primary amides is 1. The lowest BCUT2D eigenvalue weighted by Crippen LogP contribution is -2.55. The number of amides is 1. The van der Waals surface area contributed by atoms with Crippen molar-refractivity contribution in [2.45, 2.75) is 56.6 Å². The Kier molecular flexibility index (Phi) is 3.44. The second-order valence-corrected chi connectivity index (χ2v) is 9.53. The first kappa shape index (κ1) is 17.3. The van der Waals surface area contributed by atoms with Gasteiger partial charge in [0.05, 0.1) is 35.0 Å². The van der Waals surface area contributed by atoms with Crippen molar-refractivity contribution < 1.29 is 14.7 Å². The third kappa shape index (κ3) is 2.46. The van der Waals surface area contributed by atoms with Gasteiger partial charge >= 0.3 is 0 Å². The Morgan fingerprint density at radius 2 is 2.00 bits per heavy atom. The molecule has 29 heavy (non-hydrogen) atoms. The van der Waals surface area contributed by atoms with Gasteiger partial charge in [-0.2, -0.15) is 5.10 Å². The molecule has 3 unspecified atom stereocenters. The first-order valence-electron chi connectivity index (χ1n) is 10.5. The Morgan fingerprint density at radius 3 is 2.69 bits per heavy atom. The van der Waals surface area contributed by atoms with Gasteiger partial charge in [0.15, 0.2) is 0 Å². The van der Waals surface area contributed by atoms with Crippen LogP contribution in [0, 0.1) is 17.8 Å². The number of ketones is 1. The molecule has 7 rings (SSSR count). The van der Waals surface area contributed by atoms with Gasteiger partial charge in [0.1, 0.15) is 0 Å². The molecule has 7 heteroatoms. The molecule has 5 aliphatic carbocycles. The fourth-order valence-electron chi connectivity index (χ4n) is 6.81. The van der Waals surface area contributed by atoms with Crippen LogP contribution in [-0.4, -0.2) is 37.2 Å². The number of aromatic nitrogens is 3. The number of nitrogens with two attached hydrogens (primary N) is 1. The first-order valence-corrected chi connectivity index (χ1v) is 10.5. The molecule has 2 aromatic rings. The zero-order valence-corrected chi connectivity index (χ0v) is 16.2. The van der Waals surface area contributed by atoms with E-state index in [-0.39, 0.29) is 12.5 Å². The van der Waals surface area contributed by atoms with Crippen molar-refractivity contribution in [1.82, 2.24) is 14.8 Å². The Balaban J connectivity index is 1.52. The van der Waals surface area contributed by atoms with E-state index in [4.69, 9.17) is 10.8 Å². The molecule has 150 valence electrons. The predicted molar refractivity (Wildman–Crippen MR) is 106 cm³/mol. The summed E-state index contributed by atoms with van der Waals surface area (Å²) in [4.78, 5) is 28.0. The molecule has 0 radical (unpaired) electrons. The van der Waals surface area contributed by atoms with E-state index in [1.165, 1.54) is 0 Å². The van der Waals surface area contributed by atoms with Crippen LogP contribution in [0.2, 0.25) is 0 Å². The van der Waals surface area contributed by atoms with E-state index in [2.05, 4.69) is 21.8 Å². The van der Waals surface area contributed by atoms with Crippen molar-refractivity contribution in [3.63, 3.8) is 0 Å². The summed E-state index contributed by atoms with van der Waals surface area (Å²) < 4.78 is 2.12. The number of allylic oxidation sites excluding steroid dienone is 1. The van der Waals surface area contributed by atoms with Gasteiger partial charge in [-0.1, -0.05) is 12.2 Å². The van der Waals surface area contributed by atoms with Gasteiger partial charge in [-0.05, 0) is 49.9 Å². The average Bonchev–Trinajstić information content (AvgIpc) is 3.24. The molecule has 2 heterocycles. The van der Waals surface area contributed by atoms with Crippen molar-refractivity contribution >= 4 is 28.7 Å². The maximum Gasteiger partial charge on any atom is 0.285 e. The van der Waals surface area contributed by atoms with E-state index < -0.39 is 17.3 Å². The number of carbonyl (C=O) groups excluding carboxylic acids is 2. The lowest BCUT2D eigenvalue weighted by atomic mass is 9.52. The minimum Gasteiger partial charge on any atom is -0.390 e. The van der Waals surface area contributed by atoms with E-state index in [0.29, 0.717) is 23.4 Å². The molecule has 0 aromatic carbocycles. The van der Waals surface area contributed by atoms with Crippen LogP contribution in [0.1, 0.15) is 55.1 Å². The van der Waals surface area contributed by atoms with Crippen LogP contribution in [0.4, 0.5) is 0 Å². The fourth-order valence-corrected chi connectivity index (χ4v) is 6.81. The average molecular weight is 392 g/mol. The molecule has 1 amide bonds. The van der Waals surface area contributed by atoms with Crippen molar-refractivity contribution in [2.75, 3.05) is 0 Å². The van der Waals surface area contributed by atoms with Gasteiger partial charge in [0.25, 0.3) is 5.91 Å². The Morgan fingerprint density at radius 1 is 1.24 bits per heavy atom. The van der Waals surface area contributed by atoms with Crippen molar-refractivity contribution in [3.8, 4) is 0 Å². The van der Waals surface area contributed by atoms with Gasteiger partial charge in [-0.25, -0.2) is 0 Å². The van der Waals surface area contributed by atoms with Gasteiger partial charge < -0.3 is 10.8 Å². The summed E-state index contributed by atoms with van der Waals surface area (Å²) in [6, 6.07) is 0.215. The van der Waals surface area contributed by atoms with Gasteiger partial charge in [-0.15, -0.1) is 0 Å². The molecule has 4 bridgehead atoms. The highest BCUT2D eigenvalue weighted by atomic mass is 16.3. The second-order valence-electron chi connectivity index (χ2n) is 9.53. The third-order valence-electron chi connectivity index (χ3n) is 7.61. The van der Waals surface area contributed by atoms with E-state index in [1.54, 1.807) is 6.20 Å². The monoisotopic (exact) mass is 392 g/mol. The Hall–Kier alpha value is -2.54.